The number of pyridine rings is 1. The number of aliphatic hydroxyl groups excluding tert-OH is 1. The molecule has 1 unspecified atom stereocenters. The number of nitriles is 1. The fourth-order valence-corrected chi connectivity index (χ4v) is 3.68. The molecule has 3 rings (SSSR count). The molecule has 2 aromatic heterocycles. The number of fused-ring (bicyclic) bond motifs is 1. The molecular weight excluding hydrogens is 348 g/mol. The third kappa shape index (κ3) is 4.04. The summed E-state index contributed by atoms with van der Waals surface area (Å²) >= 11 is 0. The van der Waals surface area contributed by atoms with E-state index in [1.807, 2.05) is 32.3 Å². The number of aromatic nitrogens is 2. The van der Waals surface area contributed by atoms with Gasteiger partial charge < -0.3 is 24.5 Å². The van der Waals surface area contributed by atoms with Crippen molar-refractivity contribution in [2.75, 3.05) is 18.6 Å². The summed E-state index contributed by atoms with van der Waals surface area (Å²) in [5.41, 5.74) is 2.20. The third-order valence-corrected chi connectivity index (χ3v) is 4.96. The van der Waals surface area contributed by atoms with E-state index in [0.717, 1.165) is 29.6 Å². The molecule has 0 radical (unpaired) electrons. The number of aromatic amines is 1. The molecular formula is C19H24N4O4. The van der Waals surface area contributed by atoms with Crippen molar-refractivity contribution in [2.24, 2.45) is 0 Å². The highest BCUT2D eigenvalue weighted by Gasteiger charge is 2.32. The number of nitrogens with one attached hydrogen (secondary N) is 1. The van der Waals surface area contributed by atoms with Crippen molar-refractivity contribution >= 4 is 22.7 Å². The Bertz CT molecular complexity index is 844. The first-order valence-electron chi connectivity index (χ1n) is 9.10. The molecule has 2 heterocycles. The van der Waals surface area contributed by atoms with Gasteiger partial charge in [-0.1, -0.05) is 0 Å². The predicted molar refractivity (Wildman–Crippen MR) is 98.8 cm³/mol. The maximum Gasteiger partial charge on any atom is 0.320 e. The number of hydrogen-bond donors (Lipinski definition) is 2. The number of nitrogens with zero attached hydrogens (tertiary/aromatic N) is 3. The SMILES string of the molecule is CCOC(O)c1cnc2[nH]ccc2c1N(C)[C@@H]1CC[C@@H](OC(=O)CC#N)C1. The Morgan fingerprint density at radius 2 is 2.37 bits per heavy atom. The molecule has 0 amide bonds. The van der Waals surface area contributed by atoms with Crippen LogP contribution < -0.4 is 4.90 Å². The molecule has 27 heavy (non-hydrogen) atoms. The minimum Gasteiger partial charge on any atom is -0.462 e. The van der Waals surface area contributed by atoms with Gasteiger partial charge in [0.15, 0.2) is 6.29 Å². The lowest BCUT2D eigenvalue weighted by molar-refractivity contribution is -0.147. The van der Waals surface area contributed by atoms with Crippen LogP contribution in [-0.2, 0) is 14.3 Å². The van der Waals surface area contributed by atoms with Crippen LogP contribution in [0.25, 0.3) is 11.0 Å². The molecule has 0 spiro atoms. The van der Waals surface area contributed by atoms with Crippen LogP contribution in [0, 0.1) is 11.3 Å². The van der Waals surface area contributed by atoms with E-state index in [9.17, 15) is 9.90 Å². The average molecular weight is 372 g/mol. The zero-order valence-electron chi connectivity index (χ0n) is 15.5. The van der Waals surface area contributed by atoms with Gasteiger partial charge in [0.25, 0.3) is 0 Å². The Morgan fingerprint density at radius 1 is 1.56 bits per heavy atom. The summed E-state index contributed by atoms with van der Waals surface area (Å²) in [6.07, 6.45) is 4.22. The number of hydrogen-bond acceptors (Lipinski definition) is 7. The molecule has 0 aromatic carbocycles. The lowest BCUT2D eigenvalue weighted by atomic mass is 10.1. The van der Waals surface area contributed by atoms with Crippen molar-refractivity contribution in [3.05, 3.63) is 24.0 Å². The third-order valence-electron chi connectivity index (χ3n) is 4.96. The van der Waals surface area contributed by atoms with Crippen molar-refractivity contribution in [2.45, 2.75) is 51.0 Å². The fraction of sp³-hybridized carbons (Fsp3) is 0.526. The number of aliphatic hydroxyl groups is 1. The normalized spacial score (nSPS) is 20.4. The van der Waals surface area contributed by atoms with Gasteiger partial charge in [0.05, 0.1) is 11.8 Å². The van der Waals surface area contributed by atoms with E-state index in [2.05, 4.69) is 14.9 Å². The predicted octanol–water partition coefficient (Wildman–Crippen LogP) is 2.40. The van der Waals surface area contributed by atoms with Crippen LogP contribution in [0.2, 0.25) is 0 Å². The molecule has 2 N–H and O–H groups in total. The second kappa shape index (κ2) is 8.37. The summed E-state index contributed by atoms with van der Waals surface area (Å²) < 4.78 is 10.8. The van der Waals surface area contributed by atoms with Crippen LogP contribution in [0.1, 0.15) is 44.5 Å². The first-order chi connectivity index (χ1) is 13.0. The topological polar surface area (TPSA) is 111 Å². The van der Waals surface area contributed by atoms with Crippen molar-refractivity contribution in [3.8, 4) is 6.07 Å². The number of carbonyl (C=O) groups is 1. The first kappa shape index (κ1) is 19.1. The maximum atomic E-state index is 11.6. The summed E-state index contributed by atoms with van der Waals surface area (Å²) in [6, 6.07) is 3.88. The van der Waals surface area contributed by atoms with E-state index in [1.54, 1.807) is 6.20 Å². The van der Waals surface area contributed by atoms with Crippen molar-refractivity contribution < 1.29 is 19.4 Å². The van der Waals surface area contributed by atoms with Crippen LogP contribution in [0.15, 0.2) is 18.5 Å². The molecule has 3 atom stereocenters. The van der Waals surface area contributed by atoms with Gasteiger partial charge in [-0.25, -0.2) is 4.98 Å². The van der Waals surface area contributed by atoms with Crippen LogP contribution in [0.3, 0.4) is 0 Å². The van der Waals surface area contributed by atoms with E-state index in [4.69, 9.17) is 14.7 Å². The zero-order chi connectivity index (χ0) is 19.4. The van der Waals surface area contributed by atoms with Crippen molar-refractivity contribution in [3.63, 3.8) is 0 Å². The molecule has 2 aromatic rings. The minimum atomic E-state index is -1.06. The smallest absolute Gasteiger partial charge is 0.320 e. The van der Waals surface area contributed by atoms with E-state index in [0.29, 0.717) is 18.6 Å². The van der Waals surface area contributed by atoms with E-state index < -0.39 is 12.3 Å². The highest BCUT2D eigenvalue weighted by atomic mass is 16.6. The van der Waals surface area contributed by atoms with Gasteiger partial charge in [-0.2, -0.15) is 5.26 Å². The Hall–Kier alpha value is -2.63. The minimum absolute atomic E-state index is 0.137. The molecule has 1 saturated carbocycles. The van der Waals surface area contributed by atoms with Crippen LogP contribution in [0.4, 0.5) is 5.69 Å². The van der Waals surface area contributed by atoms with Gasteiger partial charge in [-0.3, -0.25) is 4.79 Å². The second-order valence-electron chi connectivity index (χ2n) is 6.63. The highest BCUT2D eigenvalue weighted by molar-refractivity contribution is 5.92. The summed E-state index contributed by atoms with van der Waals surface area (Å²) in [5, 5.41) is 19.9. The Kier molecular flexibility index (Phi) is 5.94. The fourth-order valence-electron chi connectivity index (χ4n) is 3.68. The first-order valence-corrected chi connectivity index (χ1v) is 9.10. The molecule has 8 nitrogen and oxygen atoms in total. The molecule has 0 bridgehead atoms. The van der Waals surface area contributed by atoms with Crippen molar-refractivity contribution in [1.29, 1.82) is 5.26 Å². The Morgan fingerprint density at radius 3 is 3.11 bits per heavy atom. The second-order valence-corrected chi connectivity index (χ2v) is 6.63. The molecule has 1 aliphatic carbocycles. The summed E-state index contributed by atoms with van der Waals surface area (Å²) in [5.74, 6) is -0.477. The average Bonchev–Trinajstić information content (AvgIpc) is 3.29. The van der Waals surface area contributed by atoms with E-state index >= 15 is 0 Å². The number of esters is 1. The van der Waals surface area contributed by atoms with Crippen LogP contribution in [-0.4, -0.2) is 46.8 Å². The van der Waals surface area contributed by atoms with E-state index in [-0.39, 0.29) is 18.6 Å². The summed E-state index contributed by atoms with van der Waals surface area (Å²) in [4.78, 5) is 21.1. The summed E-state index contributed by atoms with van der Waals surface area (Å²) in [6.45, 7) is 2.21. The zero-order valence-corrected chi connectivity index (χ0v) is 15.5. The van der Waals surface area contributed by atoms with Gasteiger partial charge in [0.1, 0.15) is 18.2 Å². The van der Waals surface area contributed by atoms with Gasteiger partial charge in [0.2, 0.25) is 0 Å². The van der Waals surface area contributed by atoms with Crippen LogP contribution >= 0.6 is 0 Å². The standard InChI is InChI=1S/C19H24N4O4/c1-3-26-19(25)15-11-22-18-14(7-9-21-18)17(15)23(2)12-4-5-13(10-12)27-16(24)6-8-20/h7,9,11-13,19,25H,3-6,10H2,1-2H3,(H,21,22)/t12-,13-,19?/m1/s1. The molecule has 0 aliphatic heterocycles. The lowest BCUT2D eigenvalue weighted by Gasteiger charge is -2.30. The Balaban J connectivity index is 1.84. The van der Waals surface area contributed by atoms with E-state index in [1.165, 1.54) is 0 Å². The quantitative estimate of drug-likeness (QED) is 0.567. The number of anilines is 1. The number of H-pyrrole nitrogens is 1. The molecule has 1 fully saturated rings. The highest BCUT2D eigenvalue weighted by Crippen LogP contribution is 2.37. The molecule has 0 saturated heterocycles. The lowest BCUT2D eigenvalue weighted by Crippen LogP contribution is -2.31. The molecule has 1 aliphatic rings. The summed E-state index contributed by atoms with van der Waals surface area (Å²) in [7, 11) is 1.97. The number of ether oxygens (including phenoxy) is 2. The monoisotopic (exact) mass is 372 g/mol. The Labute approximate surface area is 157 Å². The molecule has 8 heteroatoms. The largest absolute Gasteiger partial charge is 0.462 e. The van der Waals surface area contributed by atoms with Gasteiger partial charge in [-0.15, -0.1) is 0 Å². The maximum absolute atomic E-state index is 11.6. The van der Waals surface area contributed by atoms with Crippen LogP contribution in [0.5, 0.6) is 0 Å². The van der Waals surface area contributed by atoms with Gasteiger partial charge in [0, 0.05) is 49.5 Å². The van der Waals surface area contributed by atoms with Gasteiger partial charge >= 0.3 is 5.97 Å². The number of carbonyl (C=O) groups excluding carboxylic acids is 1. The van der Waals surface area contributed by atoms with Gasteiger partial charge in [-0.05, 0) is 25.8 Å². The molecule has 144 valence electrons. The number of rotatable bonds is 7. The van der Waals surface area contributed by atoms with Crippen molar-refractivity contribution in [1.82, 2.24) is 9.97 Å².